The standard InChI is InChI=1S/C17H18N2O5/c1-17(16(22)23-2,11-24-13-6-4-3-5-7-13)19-15(21)12-8-9-14(20)18-10-12/h3-10H,11H2,1-2H3,(H,18,20)(H,19,21)/t17-/m0/s1. The van der Waals surface area contributed by atoms with Crippen molar-refractivity contribution in [1.82, 2.24) is 10.3 Å². The summed E-state index contributed by atoms with van der Waals surface area (Å²) in [5, 5.41) is 2.59. The molecule has 2 rings (SSSR count). The van der Waals surface area contributed by atoms with Gasteiger partial charge in [-0.3, -0.25) is 9.59 Å². The highest BCUT2D eigenvalue weighted by Crippen LogP contribution is 2.14. The van der Waals surface area contributed by atoms with E-state index in [1.807, 2.05) is 6.07 Å². The van der Waals surface area contributed by atoms with Gasteiger partial charge in [-0.05, 0) is 25.1 Å². The number of ether oxygens (including phenoxy) is 2. The van der Waals surface area contributed by atoms with Crippen LogP contribution in [-0.2, 0) is 9.53 Å². The number of nitrogens with one attached hydrogen (secondary N) is 2. The number of hydrogen-bond donors (Lipinski definition) is 2. The van der Waals surface area contributed by atoms with Gasteiger partial charge >= 0.3 is 5.97 Å². The number of esters is 1. The molecule has 0 radical (unpaired) electrons. The van der Waals surface area contributed by atoms with Crippen LogP contribution in [0.25, 0.3) is 0 Å². The molecule has 1 heterocycles. The van der Waals surface area contributed by atoms with Crippen molar-refractivity contribution >= 4 is 11.9 Å². The van der Waals surface area contributed by atoms with Crippen LogP contribution in [0.4, 0.5) is 0 Å². The van der Waals surface area contributed by atoms with E-state index in [1.165, 1.54) is 32.4 Å². The lowest BCUT2D eigenvalue weighted by Gasteiger charge is -2.27. The lowest BCUT2D eigenvalue weighted by Crippen LogP contribution is -2.56. The molecule has 0 unspecified atom stereocenters. The Labute approximate surface area is 138 Å². The molecule has 0 saturated carbocycles. The highest BCUT2D eigenvalue weighted by Gasteiger charge is 2.37. The summed E-state index contributed by atoms with van der Waals surface area (Å²) in [4.78, 5) is 37.9. The number of aromatic nitrogens is 1. The van der Waals surface area contributed by atoms with Crippen LogP contribution < -0.4 is 15.6 Å². The molecule has 1 amide bonds. The number of aromatic amines is 1. The summed E-state index contributed by atoms with van der Waals surface area (Å²) in [6, 6.07) is 11.5. The van der Waals surface area contributed by atoms with Gasteiger partial charge in [-0.15, -0.1) is 0 Å². The summed E-state index contributed by atoms with van der Waals surface area (Å²) >= 11 is 0. The van der Waals surface area contributed by atoms with Gasteiger partial charge < -0.3 is 19.8 Å². The molecule has 0 fully saturated rings. The number of H-pyrrole nitrogens is 1. The van der Waals surface area contributed by atoms with E-state index in [0.717, 1.165) is 0 Å². The molecule has 126 valence electrons. The number of para-hydroxylation sites is 1. The van der Waals surface area contributed by atoms with E-state index in [1.54, 1.807) is 24.3 Å². The summed E-state index contributed by atoms with van der Waals surface area (Å²) in [6.07, 6.45) is 1.27. The summed E-state index contributed by atoms with van der Waals surface area (Å²) in [5.41, 5.74) is -1.50. The Morgan fingerprint density at radius 1 is 1.17 bits per heavy atom. The maximum atomic E-state index is 12.3. The third kappa shape index (κ3) is 4.22. The zero-order chi connectivity index (χ0) is 17.6. The van der Waals surface area contributed by atoms with E-state index in [2.05, 4.69) is 10.3 Å². The van der Waals surface area contributed by atoms with Gasteiger partial charge in [0.2, 0.25) is 5.56 Å². The van der Waals surface area contributed by atoms with Crippen LogP contribution in [0.1, 0.15) is 17.3 Å². The van der Waals surface area contributed by atoms with Crippen LogP contribution in [0.2, 0.25) is 0 Å². The van der Waals surface area contributed by atoms with Crippen molar-refractivity contribution in [2.75, 3.05) is 13.7 Å². The lowest BCUT2D eigenvalue weighted by atomic mass is 10.0. The molecular weight excluding hydrogens is 312 g/mol. The molecule has 1 atom stereocenters. The topological polar surface area (TPSA) is 97.5 Å². The first-order valence-electron chi connectivity index (χ1n) is 7.22. The van der Waals surface area contributed by atoms with E-state index < -0.39 is 17.4 Å². The highest BCUT2D eigenvalue weighted by molar-refractivity contribution is 5.97. The van der Waals surface area contributed by atoms with Crippen molar-refractivity contribution in [3.63, 3.8) is 0 Å². The van der Waals surface area contributed by atoms with E-state index in [9.17, 15) is 14.4 Å². The SMILES string of the molecule is COC(=O)[C@](C)(COc1ccccc1)NC(=O)c1ccc(=O)[nH]c1. The molecule has 0 aliphatic heterocycles. The molecule has 24 heavy (non-hydrogen) atoms. The first-order valence-corrected chi connectivity index (χ1v) is 7.22. The van der Waals surface area contributed by atoms with Gasteiger partial charge in [0.1, 0.15) is 12.4 Å². The predicted molar refractivity (Wildman–Crippen MR) is 86.9 cm³/mol. The minimum absolute atomic E-state index is 0.112. The van der Waals surface area contributed by atoms with Crippen molar-refractivity contribution in [3.05, 3.63) is 64.6 Å². The molecule has 0 bridgehead atoms. The quantitative estimate of drug-likeness (QED) is 0.774. The summed E-state index contributed by atoms with van der Waals surface area (Å²) in [6.45, 7) is 1.39. The molecule has 1 aromatic heterocycles. The Kier molecular flexibility index (Phi) is 5.36. The smallest absolute Gasteiger partial charge is 0.334 e. The van der Waals surface area contributed by atoms with Gasteiger partial charge in [-0.2, -0.15) is 0 Å². The zero-order valence-electron chi connectivity index (χ0n) is 13.4. The second-order valence-electron chi connectivity index (χ2n) is 5.32. The van der Waals surface area contributed by atoms with Crippen LogP contribution in [-0.4, -0.2) is 36.1 Å². The van der Waals surface area contributed by atoms with Gasteiger partial charge in [0.25, 0.3) is 5.91 Å². The van der Waals surface area contributed by atoms with Crippen LogP contribution >= 0.6 is 0 Å². The largest absolute Gasteiger partial charge is 0.491 e. The average Bonchev–Trinajstić information content (AvgIpc) is 2.60. The minimum atomic E-state index is -1.39. The number of amides is 1. The Bertz CT molecular complexity index is 752. The van der Waals surface area contributed by atoms with Gasteiger partial charge in [0.15, 0.2) is 5.54 Å². The summed E-state index contributed by atoms with van der Waals surface area (Å²) < 4.78 is 10.3. The molecule has 0 aliphatic carbocycles. The van der Waals surface area contributed by atoms with Gasteiger partial charge in [-0.25, -0.2) is 4.79 Å². The second kappa shape index (κ2) is 7.45. The number of carbonyl (C=O) groups excluding carboxylic acids is 2. The molecule has 0 saturated heterocycles. The Hall–Kier alpha value is -3.09. The monoisotopic (exact) mass is 330 g/mol. The van der Waals surface area contributed by atoms with Crippen LogP contribution in [0.5, 0.6) is 5.75 Å². The van der Waals surface area contributed by atoms with Crippen molar-refractivity contribution in [2.24, 2.45) is 0 Å². The Balaban J connectivity index is 2.14. The highest BCUT2D eigenvalue weighted by atomic mass is 16.5. The molecule has 0 spiro atoms. The van der Waals surface area contributed by atoms with Crippen LogP contribution in [0.3, 0.4) is 0 Å². The number of pyridine rings is 1. The average molecular weight is 330 g/mol. The maximum Gasteiger partial charge on any atom is 0.334 e. The predicted octanol–water partition coefficient (Wildman–Crippen LogP) is 1.12. The van der Waals surface area contributed by atoms with Crippen molar-refractivity contribution in [3.8, 4) is 5.75 Å². The Morgan fingerprint density at radius 2 is 1.88 bits per heavy atom. The maximum absolute atomic E-state index is 12.3. The van der Waals surface area contributed by atoms with E-state index in [0.29, 0.717) is 5.75 Å². The zero-order valence-corrected chi connectivity index (χ0v) is 13.4. The van der Waals surface area contributed by atoms with Crippen molar-refractivity contribution in [1.29, 1.82) is 0 Å². The van der Waals surface area contributed by atoms with Gasteiger partial charge in [0.05, 0.1) is 12.7 Å². The number of benzene rings is 1. The van der Waals surface area contributed by atoms with E-state index in [-0.39, 0.29) is 17.7 Å². The molecule has 2 aromatic rings. The fraction of sp³-hybridized carbons (Fsp3) is 0.235. The first kappa shape index (κ1) is 17.3. The van der Waals surface area contributed by atoms with E-state index >= 15 is 0 Å². The summed E-state index contributed by atoms with van der Waals surface area (Å²) in [5.74, 6) is -0.613. The normalized spacial score (nSPS) is 12.8. The fourth-order valence-electron chi connectivity index (χ4n) is 1.99. The molecule has 1 aromatic carbocycles. The number of hydrogen-bond acceptors (Lipinski definition) is 5. The molecular formula is C17H18N2O5. The van der Waals surface area contributed by atoms with Crippen LogP contribution in [0.15, 0.2) is 53.5 Å². The van der Waals surface area contributed by atoms with Gasteiger partial charge in [0, 0.05) is 12.3 Å². The minimum Gasteiger partial charge on any atom is -0.491 e. The number of carbonyl (C=O) groups is 2. The van der Waals surface area contributed by atoms with Crippen molar-refractivity contribution in [2.45, 2.75) is 12.5 Å². The molecule has 7 nitrogen and oxygen atoms in total. The van der Waals surface area contributed by atoms with Gasteiger partial charge in [-0.1, -0.05) is 18.2 Å². The number of rotatable bonds is 6. The first-order chi connectivity index (χ1) is 11.4. The summed E-state index contributed by atoms with van der Waals surface area (Å²) in [7, 11) is 1.23. The lowest BCUT2D eigenvalue weighted by molar-refractivity contribution is -0.148. The third-order valence-corrected chi connectivity index (χ3v) is 3.34. The molecule has 0 aliphatic rings. The molecule has 2 N–H and O–H groups in total. The number of methoxy groups -OCH3 is 1. The van der Waals surface area contributed by atoms with Crippen LogP contribution in [0, 0.1) is 0 Å². The second-order valence-corrected chi connectivity index (χ2v) is 5.32. The van der Waals surface area contributed by atoms with E-state index in [4.69, 9.17) is 9.47 Å². The fourth-order valence-corrected chi connectivity index (χ4v) is 1.99. The molecule has 7 heteroatoms. The third-order valence-electron chi connectivity index (χ3n) is 3.34. The Morgan fingerprint density at radius 3 is 2.46 bits per heavy atom. The van der Waals surface area contributed by atoms with Crippen molar-refractivity contribution < 1.29 is 19.1 Å².